The van der Waals surface area contributed by atoms with Crippen LogP contribution in [-0.4, -0.2) is 24.0 Å². The van der Waals surface area contributed by atoms with Gasteiger partial charge in [0.2, 0.25) is 0 Å². The number of nitrogens with one attached hydrogen (secondary N) is 1. The first-order valence-electron chi connectivity index (χ1n) is 4.74. The zero-order valence-electron chi connectivity index (χ0n) is 8.66. The molecule has 0 aliphatic carbocycles. The molecule has 1 unspecified atom stereocenters. The van der Waals surface area contributed by atoms with Crippen LogP contribution in [0.15, 0.2) is 29.2 Å². The summed E-state index contributed by atoms with van der Waals surface area (Å²) in [5.74, 6) is 0. The second-order valence-electron chi connectivity index (χ2n) is 3.28. The standard InChI is InChI=1S/C11H17NOS/c1-9(8-13)12-7-10-5-3-4-6-11(10)14-2/h3-6,9,12-13H,7-8H2,1-2H3. The summed E-state index contributed by atoms with van der Waals surface area (Å²) in [7, 11) is 0. The third kappa shape index (κ3) is 3.33. The number of hydrogen-bond donors (Lipinski definition) is 2. The van der Waals surface area contributed by atoms with Gasteiger partial charge >= 0.3 is 0 Å². The minimum Gasteiger partial charge on any atom is -0.395 e. The van der Waals surface area contributed by atoms with Crippen molar-refractivity contribution >= 4 is 11.8 Å². The first-order valence-corrected chi connectivity index (χ1v) is 5.96. The average Bonchev–Trinajstić information content (AvgIpc) is 2.26. The van der Waals surface area contributed by atoms with Crippen LogP contribution in [0.5, 0.6) is 0 Å². The van der Waals surface area contributed by atoms with E-state index in [1.165, 1.54) is 10.5 Å². The summed E-state index contributed by atoms with van der Waals surface area (Å²) in [5, 5.41) is 12.1. The Kier molecular flexibility index (Phi) is 5.01. The number of hydrogen-bond acceptors (Lipinski definition) is 3. The Labute approximate surface area is 89.7 Å². The lowest BCUT2D eigenvalue weighted by Gasteiger charge is -2.12. The molecule has 0 aliphatic heterocycles. The summed E-state index contributed by atoms with van der Waals surface area (Å²) < 4.78 is 0. The third-order valence-corrected chi connectivity index (χ3v) is 2.95. The normalized spacial score (nSPS) is 12.8. The lowest BCUT2D eigenvalue weighted by atomic mass is 10.2. The second-order valence-corrected chi connectivity index (χ2v) is 4.12. The van der Waals surface area contributed by atoms with E-state index in [1.807, 2.05) is 19.1 Å². The third-order valence-electron chi connectivity index (χ3n) is 2.11. The lowest BCUT2D eigenvalue weighted by Crippen LogP contribution is -2.28. The molecule has 0 saturated heterocycles. The zero-order chi connectivity index (χ0) is 10.4. The highest BCUT2D eigenvalue weighted by Crippen LogP contribution is 2.19. The molecule has 1 rings (SSSR count). The van der Waals surface area contributed by atoms with Crippen LogP contribution in [0.1, 0.15) is 12.5 Å². The van der Waals surface area contributed by atoms with Crippen LogP contribution in [0.25, 0.3) is 0 Å². The largest absolute Gasteiger partial charge is 0.395 e. The molecule has 2 N–H and O–H groups in total. The molecule has 0 aliphatic rings. The fourth-order valence-corrected chi connectivity index (χ4v) is 1.81. The van der Waals surface area contributed by atoms with Crippen LogP contribution in [0, 0.1) is 0 Å². The Morgan fingerprint density at radius 2 is 2.14 bits per heavy atom. The van der Waals surface area contributed by atoms with Gasteiger partial charge in [-0.3, -0.25) is 0 Å². The van der Waals surface area contributed by atoms with E-state index in [2.05, 4.69) is 23.7 Å². The number of aliphatic hydroxyl groups is 1. The molecule has 1 atom stereocenters. The highest BCUT2D eigenvalue weighted by atomic mass is 32.2. The van der Waals surface area contributed by atoms with Crippen LogP contribution in [0.4, 0.5) is 0 Å². The monoisotopic (exact) mass is 211 g/mol. The van der Waals surface area contributed by atoms with Gasteiger partial charge in [-0.2, -0.15) is 0 Å². The Balaban J connectivity index is 2.57. The van der Waals surface area contributed by atoms with E-state index in [-0.39, 0.29) is 12.6 Å². The molecule has 0 amide bonds. The van der Waals surface area contributed by atoms with Gasteiger partial charge in [0.25, 0.3) is 0 Å². The Hall–Kier alpha value is -0.510. The summed E-state index contributed by atoms with van der Waals surface area (Å²) in [6.07, 6.45) is 2.08. The summed E-state index contributed by atoms with van der Waals surface area (Å²) in [4.78, 5) is 1.30. The van der Waals surface area contributed by atoms with E-state index >= 15 is 0 Å². The van der Waals surface area contributed by atoms with Crippen molar-refractivity contribution in [1.29, 1.82) is 0 Å². The van der Waals surface area contributed by atoms with Gasteiger partial charge in [-0.1, -0.05) is 18.2 Å². The SMILES string of the molecule is CSc1ccccc1CNC(C)CO. The summed E-state index contributed by atoms with van der Waals surface area (Å²) >= 11 is 1.75. The van der Waals surface area contributed by atoms with E-state index < -0.39 is 0 Å². The van der Waals surface area contributed by atoms with Gasteiger partial charge in [-0.25, -0.2) is 0 Å². The van der Waals surface area contributed by atoms with Crippen molar-refractivity contribution in [2.24, 2.45) is 0 Å². The van der Waals surface area contributed by atoms with Crippen molar-refractivity contribution in [2.45, 2.75) is 24.4 Å². The minimum atomic E-state index is 0.157. The maximum atomic E-state index is 8.87. The number of thioether (sulfide) groups is 1. The number of rotatable bonds is 5. The number of aliphatic hydroxyl groups excluding tert-OH is 1. The van der Waals surface area contributed by atoms with E-state index in [1.54, 1.807) is 11.8 Å². The van der Waals surface area contributed by atoms with Gasteiger partial charge in [0.05, 0.1) is 6.61 Å². The highest BCUT2D eigenvalue weighted by Gasteiger charge is 2.02. The number of benzene rings is 1. The molecule has 0 heterocycles. The van der Waals surface area contributed by atoms with Crippen molar-refractivity contribution in [3.63, 3.8) is 0 Å². The molecule has 14 heavy (non-hydrogen) atoms. The van der Waals surface area contributed by atoms with Crippen molar-refractivity contribution in [3.05, 3.63) is 29.8 Å². The van der Waals surface area contributed by atoms with Crippen LogP contribution in [0.2, 0.25) is 0 Å². The van der Waals surface area contributed by atoms with Crippen molar-refractivity contribution < 1.29 is 5.11 Å². The molecule has 1 aromatic carbocycles. The van der Waals surface area contributed by atoms with Gasteiger partial charge in [0.1, 0.15) is 0 Å². The molecule has 0 saturated carbocycles. The predicted octanol–water partition coefficient (Wildman–Crippen LogP) is 1.88. The summed E-state index contributed by atoms with van der Waals surface area (Å²) in [6, 6.07) is 8.48. The smallest absolute Gasteiger partial charge is 0.0582 e. The molecule has 0 fully saturated rings. The summed E-state index contributed by atoms with van der Waals surface area (Å²) in [6.45, 7) is 2.97. The maximum absolute atomic E-state index is 8.87. The molecule has 0 spiro atoms. The Morgan fingerprint density at radius 3 is 2.79 bits per heavy atom. The first-order chi connectivity index (χ1) is 6.77. The van der Waals surface area contributed by atoms with E-state index in [0.29, 0.717) is 0 Å². The van der Waals surface area contributed by atoms with Crippen molar-refractivity contribution in [2.75, 3.05) is 12.9 Å². The second kappa shape index (κ2) is 6.06. The summed E-state index contributed by atoms with van der Waals surface area (Å²) in [5.41, 5.74) is 1.29. The average molecular weight is 211 g/mol. The molecule has 2 nitrogen and oxygen atoms in total. The Morgan fingerprint density at radius 1 is 1.43 bits per heavy atom. The van der Waals surface area contributed by atoms with Gasteiger partial charge in [-0.15, -0.1) is 11.8 Å². The van der Waals surface area contributed by atoms with Gasteiger partial charge in [0.15, 0.2) is 0 Å². The highest BCUT2D eigenvalue weighted by molar-refractivity contribution is 7.98. The maximum Gasteiger partial charge on any atom is 0.0582 e. The minimum absolute atomic E-state index is 0.157. The zero-order valence-corrected chi connectivity index (χ0v) is 9.47. The van der Waals surface area contributed by atoms with Crippen LogP contribution >= 0.6 is 11.8 Å². The van der Waals surface area contributed by atoms with Crippen LogP contribution < -0.4 is 5.32 Å². The van der Waals surface area contributed by atoms with E-state index in [0.717, 1.165) is 6.54 Å². The predicted molar refractivity (Wildman–Crippen MR) is 61.6 cm³/mol. The van der Waals surface area contributed by atoms with Gasteiger partial charge in [-0.05, 0) is 24.8 Å². The van der Waals surface area contributed by atoms with Gasteiger partial charge < -0.3 is 10.4 Å². The quantitative estimate of drug-likeness (QED) is 0.729. The first kappa shape index (κ1) is 11.6. The molecule has 1 aromatic rings. The van der Waals surface area contributed by atoms with Crippen LogP contribution in [-0.2, 0) is 6.54 Å². The lowest BCUT2D eigenvalue weighted by molar-refractivity contribution is 0.251. The molecule has 78 valence electrons. The molecular weight excluding hydrogens is 194 g/mol. The van der Waals surface area contributed by atoms with E-state index in [4.69, 9.17) is 5.11 Å². The molecular formula is C11H17NOS. The Bertz CT molecular complexity index is 278. The van der Waals surface area contributed by atoms with Gasteiger partial charge in [0, 0.05) is 17.5 Å². The molecule has 0 bridgehead atoms. The van der Waals surface area contributed by atoms with Crippen LogP contribution in [0.3, 0.4) is 0 Å². The van der Waals surface area contributed by atoms with E-state index in [9.17, 15) is 0 Å². The molecule has 0 radical (unpaired) electrons. The van der Waals surface area contributed by atoms with Crippen molar-refractivity contribution in [1.82, 2.24) is 5.32 Å². The molecule has 0 aromatic heterocycles. The fraction of sp³-hybridized carbons (Fsp3) is 0.455. The topological polar surface area (TPSA) is 32.3 Å². The molecule has 3 heteroatoms. The fourth-order valence-electron chi connectivity index (χ4n) is 1.20. The van der Waals surface area contributed by atoms with Crippen molar-refractivity contribution in [3.8, 4) is 0 Å².